The highest BCUT2D eigenvalue weighted by molar-refractivity contribution is 5.95. The fourth-order valence-electron chi connectivity index (χ4n) is 4.11. The third-order valence-electron chi connectivity index (χ3n) is 5.92. The molecule has 0 radical (unpaired) electrons. The lowest BCUT2D eigenvalue weighted by molar-refractivity contribution is -0.138. The molecule has 0 aliphatic carbocycles. The number of benzene rings is 3. The summed E-state index contributed by atoms with van der Waals surface area (Å²) in [5.41, 5.74) is 5.86. The zero-order valence-corrected chi connectivity index (χ0v) is 19.0. The van der Waals surface area contributed by atoms with Crippen molar-refractivity contribution in [3.63, 3.8) is 0 Å². The first kappa shape index (κ1) is 22.6. The largest absolute Gasteiger partial charge is 0.481 e. The first-order valence-electron chi connectivity index (χ1n) is 11.2. The van der Waals surface area contributed by atoms with Crippen LogP contribution >= 0.6 is 0 Å². The maximum atomic E-state index is 10.8. The molecule has 3 aromatic carbocycles. The molecule has 0 spiro atoms. The number of hydrogen-bond acceptors (Lipinski definition) is 4. The Balaban J connectivity index is 1.75. The minimum Gasteiger partial charge on any atom is -0.481 e. The lowest BCUT2D eigenvalue weighted by atomic mass is 10.0. The molecule has 0 saturated heterocycles. The molecule has 4 aromatic rings. The first-order chi connectivity index (χ1) is 16.1. The number of rotatable bonds is 9. The highest BCUT2D eigenvalue weighted by atomic mass is 16.6. The van der Waals surface area contributed by atoms with E-state index in [4.69, 9.17) is 9.94 Å². The number of carboxylic acid groups (broad SMARTS) is 1. The number of aromatic nitrogens is 1. The summed E-state index contributed by atoms with van der Waals surface area (Å²) < 4.78 is 2.35. The van der Waals surface area contributed by atoms with Gasteiger partial charge in [0.05, 0.1) is 17.5 Å². The SMILES string of the molecule is Cc1ccc2c(=NOCCC(=O)O)c3ccccc3n(CCNCc3ccccc3)c2c1C. The van der Waals surface area contributed by atoms with Crippen molar-refractivity contribution in [3.8, 4) is 0 Å². The van der Waals surface area contributed by atoms with Gasteiger partial charge in [0, 0.05) is 30.4 Å². The molecule has 1 aromatic heterocycles. The number of fused-ring (bicyclic) bond motifs is 2. The Hall–Kier alpha value is -3.64. The highest BCUT2D eigenvalue weighted by Gasteiger charge is 2.13. The molecule has 4 rings (SSSR count). The van der Waals surface area contributed by atoms with E-state index in [0.717, 1.165) is 46.8 Å². The average Bonchev–Trinajstić information content (AvgIpc) is 2.83. The molecular formula is C27H29N3O3. The Kier molecular flexibility index (Phi) is 7.05. The average molecular weight is 444 g/mol. The maximum absolute atomic E-state index is 10.8. The summed E-state index contributed by atoms with van der Waals surface area (Å²) in [6.45, 7) is 6.72. The van der Waals surface area contributed by atoms with Gasteiger partial charge in [0.25, 0.3) is 0 Å². The van der Waals surface area contributed by atoms with Crippen molar-refractivity contribution >= 4 is 27.8 Å². The molecule has 0 fully saturated rings. The summed E-state index contributed by atoms with van der Waals surface area (Å²) in [6, 6.07) is 22.7. The van der Waals surface area contributed by atoms with Gasteiger partial charge >= 0.3 is 5.97 Å². The molecule has 6 heteroatoms. The predicted octanol–water partition coefficient (Wildman–Crippen LogP) is 4.51. The van der Waals surface area contributed by atoms with E-state index in [0.29, 0.717) is 0 Å². The van der Waals surface area contributed by atoms with Gasteiger partial charge in [-0.15, -0.1) is 0 Å². The summed E-state index contributed by atoms with van der Waals surface area (Å²) >= 11 is 0. The van der Waals surface area contributed by atoms with Crippen LogP contribution in [-0.2, 0) is 22.7 Å². The topological polar surface area (TPSA) is 75.8 Å². The number of carboxylic acids is 1. The van der Waals surface area contributed by atoms with Gasteiger partial charge in [-0.1, -0.05) is 65.8 Å². The fourth-order valence-corrected chi connectivity index (χ4v) is 4.11. The number of aliphatic carboxylic acids is 1. The summed E-state index contributed by atoms with van der Waals surface area (Å²) in [7, 11) is 0. The van der Waals surface area contributed by atoms with Gasteiger partial charge in [-0.3, -0.25) is 4.79 Å². The molecule has 2 N–H and O–H groups in total. The Morgan fingerprint density at radius 3 is 2.55 bits per heavy atom. The van der Waals surface area contributed by atoms with E-state index in [1.54, 1.807) is 0 Å². The van der Waals surface area contributed by atoms with Crippen LogP contribution in [0.2, 0.25) is 0 Å². The van der Waals surface area contributed by atoms with Crippen molar-refractivity contribution in [3.05, 3.63) is 88.8 Å². The molecule has 0 unspecified atom stereocenters. The second kappa shape index (κ2) is 10.3. The van der Waals surface area contributed by atoms with Crippen LogP contribution in [0.15, 0.2) is 71.9 Å². The smallest absolute Gasteiger partial charge is 0.306 e. The van der Waals surface area contributed by atoms with Crippen LogP contribution in [0.25, 0.3) is 21.8 Å². The number of nitrogens with one attached hydrogen (secondary N) is 1. The van der Waals surface area contributed by atoms with Crippen LogP contribution in [-0.4, -0.2) is 28.8 Å². The molecule has 0 amide bonds. The second-order valence-corrected chi connectivity index (χ2v) is 8.15. The quantitative estimate of drug-likeness (QED) is 0.227. The number of pyridine rings is 1. The Morgan fingerprint density at radius 2 is 1.76 bits per heavy atom. The molecule has 0 bridgehead atoms. The van der Waals surface area contributed by atoms with Gasteiger partial charge in [-0.25, -0.2) is 0 Å². The standard InChI is InChI=1S/C27H29N3O3/c1-19-12-13-23-26(29-33-17-14-25(31)32)22-10-6-7-11-24(22)30(27(23)20(19)2)16-15-28-18-21-8-4-3-5-9-21/h3-13,28H,14-18H2,1-2H3,(H,31,32). The van der Waals surface area contributed by atoms with Crippen molar-refractivity contribution in [2.24, 2.45) is 5.16 Å². The summed E-state index contributed by atoms with van der Waals surface area (Å²) in [5.74, 6) is -0.903. The minimum atomic E-state index is -0.903. The van der Waals surface area contributed by atoms with E-state index < -0.39 is 5.97 Å². The van der Waals surface area contributed by atoms with Gasteiger partial charge in [-0.05, 0) is 36.6 Å². The van der Waals surface area contributed by atoms with Gasteiger partial charge in [-0.2, -0.15) is 0 Å². The normalized spacial score (nSPS) is 11.9. The monoisotopic (exact) mass is 443 g/mol. The first-order valence-corrected chi connectivity index (χ1v) is 11.2. The van der Waals surface area contributed by atoms with Gasteiger partial charge in [0.1, 0.15) is 12.0 Å². The third kappa shape index (κ3) is 5.07. The molecule has 33 heavy (non-hydrogen) atoms. The molecule has 170 valence electrons. The molecule has 1 heterocycles. The Labute approximate surface area is 193 Å². The van der Waals surface area contributed by atoms with E-state index >= 15 is 0 Å². The number of hydrogen-bond donors (Lipinski definition) is 2. The van der Waals surface area contributed by atoms with Crippen LogP contribution in [0, 0.1) is 13.8 Å². The van der Waals surface area contributed by atoms with Crippen molar-refractivity contribution in [2.75, 3.05) is 13.2 Å². The molecule has 0 aliphatic rings. The van der Waals surface area contributed by atoms with Crippen LogP contribution in [0.1, 0.15) is 23.1 Å². The second-order valence-electron chi connectivity index (χ2n) is 8.15. The predicted molar refractivity (Wildman–Crippen MR) is 131 cm³/mol. The lowest BCUT2D eigenvalue weighted by Gasteiger charge is -2.19. The number of carbonyl (C=O) groups is 1. The molecule has 0 aliphatic heterocycles. The van der Waals surface area contributed by atoms with Crippen LogP contribution < -0.4 is 10.7 Å². The zero-order valence-electron chi connectivity index (χ0n) is 19.0. The van der Waals surface area contributed by atoms with Crippen molar-refractivity contribution in [2.45, 2.75) is 33.4 Å². The van der Waals surface area contributed by atoms with Crippen molar-refractivity contribution < 1.29 is 14.7 Å². The third-order valence-corrected chi connectivity index (χ3v) is 5.92. The van der Waals surface area contributed by atoms with Crippen molar-refractivity contribution in [1.82, 2.24) is 9.88 Å². The maximum Gasteiger partial charge on any atom is 0.306 e. The molecular weight excluding hydrogens is 414 g/mol. The molecule has 0 saturated carbocycles. The Morgan fingerprint density at radius 1 is 1.00 bits per heavy atom. The van der Waals surface area contributed by atoms with Crippen molar-refractivity contribution in [1.29, 1.82) is 0 Å². The Bertz CT molecular complexity index is 1340. The van der Waals surface area contributed by atoms with Crippen LogP contribution in [0.5, 0.6) is 0 Å². The lowest BCUT2D eigenvalue weighted by Crippen LogP contribution is -2.22. The summed E-state index contributed by atoms with van der Waals surface area (Å²) in [5, 5.41) is 19.6. The fraction of sp³-hybridized carbons (Fsp3) is 0.259. The number of nitrogens with zero attached hydrogens (tertiary/aromatic N) is 2. The van der Waals surface area contributed by atoms with Crippen LogP contribution in [0.3, 0.4) is 0 Å². The van der Waals surface area contributed by atoms with Crippen LogP contribution in [0.4, 0.5) is 0 Å². The highest BCUT2D eigenvalue weighted by Crippen LogP contribution is 2.24. The minimum absolute atomic E-state index is 0.0360. The summed E-state index contributed by atoms with van der Waals surface area (Å²) in [4.78, 5) is 16.3. The molecule has 0 atom stereocenters. The van der Waals surface area contributed by atoms with E-state index in [2.05, 4.69) is 71.4 Å². The van der Waals surface area contributed by atoms with E-state index in [-0.39, 0.29) is 13.0 Å². The van der Waals surface area contributed by atoms with Gasteiger partial charge in [0.2, 0.25) is 0 Å². The molecule has 6 nitrogen and oxygen atoms in total. The number of aryl methyl sites for hydroxylation is 2. The van der Waals surface area contributed by atoms with E-state index in [1.807, 2.05) is 24.3 Å². The zero-order chi connectivity index (χ0) is 23.2. The summed E-state index contributed by atoms with van der Waals surface area (Å²) in [6.07, 6.45) is -0.0859. The van der Waals surface area contributed by atoms with Gasteiger partial charge in [0.15, 0.2) is 0 Å². The van der Waals surface area contributed by atoms with E-state index in [9.17, 15) is 4.79 Å². The number of para-hydroxylation sites is 1. The van der Waals surface area contributed by atoms with Gasteiger partial charge < -0.3 is 19.8 Å². The van der Waals surface area contributed by atoms with E-state index in [1.165, 1.54) is 16.7 Å².